The van der Waals surface area contributed by atoms with Crippen molar-refractivity contribution in [3.63, 3.8) is 0 Å². The Morgan fingerprint density at radius 2 is 1.66 bits per heavy atom. The van der Waals surface area contributed by atoms with Crippen LogP contribution in [-0.2, 0) is 0 Å². The summed E-state index contributed by atoms with van der Waals surface area (Å²) in [6.07, 6.45) is 9.62. The smallest absolute Gasteiger partial charge is 0.343 e. The average Bonchev–Trinajstić information content (AvgIpc) is 2.75. The van der Waals surface area contributed by atoms with Crippen LogP contribution in [0.2, 0.25) is 0 Å². The summed E-state index contributed by atoms with van der Waals surface area (Å²) in [5.74, 6) is 1.50. The van der Waals surface area contributed by atoms with Gasteiger partial charge < -0.3 is 4.74 Å². The lowest BCUT2D eigenvalue weighted by atomic mass is 9.77. The third kappa shape index (κ3) is 6.03. The highest BCUT2D eigenvalue weighted by atomic mass is 19.1. The van der Waals surface area contributed by atoms with Crippen molar-refractivity contribution in [3.8, 4) is 5.75 Å². The van der Waals surface area contributed by atoms with E-state index in [-0.39, 0.29) is 5.83 Å². The Morgan fingerprint density at radius 3 is 2.24 bits per heavy atom. The van der Waals surface area contributed by atoms with Gasteiger partial charge in [0.15, 0.2) is 0 Å². The number of benzene rings is 2. The lowest BCUT2D eigenvalue weighted by molar-refractivity contribution is 0.0734. The molecule has 3 heteroatoms. The minimum Gasteiger partial charge on any atom is -0.423 e. The molecule has 2 nitrogen and oxygen atoms in total. The van der Waals surface area contributed by atoms with Gasteiger partial charge in [0.25, 0.3) is 0 Å². The second kappa shape index (κ2) is 10.4. The molecule has 0 N–H and O–H groups in total. The first-order chi connectivity index (χ1) is 14.1. The first-order valence-electron chi connectivity index (χ1n) is 10.9. The van der Waals surface area contributed by atoms with Crippen molar-refractivity contribution in [1.29, 1.82) is 0 Å². The quantitative estimate of drug-likeness (QED) is 0.355. The van der Waals surface area contributed by atoms with Crippen LogP contribution in [0.5, 0.6) is 5.75 Å². The molecule has 1 aliphatic rings. The molecule has 0 aromatic heterocycles. The number of hydrogen-bond acceptors (Lipinski definition) is 2. The van der Waals surface area contributed by atoms with E-state index in [0.29, 0.717) is 23.7 Å². The molecule has 0 atom stereocenters. The van der Waals surface area contributed by atoms with Crippen molar-refractivity contribution in [2.75, 3.05) is 0 Å². The molecule has 1 aliphatic carbocycles. The van der Waals surface area contributed by atoms with E-state index in [1.165, 1.54) is 50.2 Å². The molecular formula is C26H31FO2. The Bertz CT molecular complexity index is 813. The summed E-state index contributed by atoms with van der Waals surface area (Å²) in [6, 6.07) is 14.7. The standard InChI is InChI=1S/C26H31FO2/c1-3-5-19-6-10-21(11-7-19)22-14-16-25(17-15-22)29-26(28)23-12-8-20(9-13-23)18-24(27)4-2/h8-9,12-19,21H,3-7,10-11H2,1-2H3/b24-18+. The fraction of sp³-hybridized carbons (Fsp3) is 0.423. The second-order valence-corrected chi connectivity index (χ2v) is 8.03. The molecule has 1 fully saturated rings. The van der Waals surface area contributed by atoms with Gasteiger partial charge in [0, 0.05) is 0 Å². The van der Waals surface area contributed by atoms with Gasteiger partial charge in [-0.05, 0) is 85.4 Å². The molecule has 0 aliphatic heterocycles. The van der Waals surface area contributed by atoms with Gasteiger partial charge in [-0.1, -0.05) is 51.0 Å². The molecule has 1 saturated carbocycles. The van der Waals surface area contributed by atoms with Crippen molar-refractivity contribution in [2.45, 2.75) is 64.7 Å². The van der Waals surface area contributed by atoms with E-state index in [9.17, 15) is 9.18 Å². The molecule has 154 valence electrons. The Hall–Kier alpha value is -2.42. The first-order valence-corrected chi connectivity index (χ1v) is 10.9. The van der Waals surface area contributed by atoms with Crippen LogP contribution in [0.4, 0.5) is 4.39 Å². The molecule has 0 heterocycles. The van der Waals surface area contributed by atoms with Crippen LogP contribution in [0.3, 0.4) is 0 Å². The van der Waals surface area contributed by atoms with Gasteiger partial charge in [0.1, 0.15) is 11.6 Å². The van der Waals surface area contributed by atoms with Crippen molar-refractivity contribution in [1.82, 2.24) is 0 Å². The summed E-state index contributed by atoms with van der Waals surface area (Å²) in [5.41, 5.74) is 2.53. The second-order valence-electron chi connectivity index (χ2n) is 8.03. The van der Waals surface area contributed by atoms with Crippen LogP contribution >= 0.6 is 0 Å². The zero-order chi connectivity index (χ0) is 20.6. The monoisotopic (exact) mass is 394 g/mol. The Morgan fingerprint density at radius 1 is 1.00 bits per heavy atom. The van der Waals surface area contributed by atoms with Gasteiger partial charge >= 0.3 is 5.97 Å². The van der Waals surface area contributed by atoms with Crippen molar-refractivity contribution in [3.05, 3.63) is 71.0 Å². The van der Waals surface area contributed by atoms with Crippen LogP contribution in [0.15, 0.2) is 54.4 Å². The van der Waals surface area contributed by atoms with Gasteiger partial charge in [-0.15, -0.1) is 0 Å². The number of allylic oxidation sites excluding steroid dienone is 1. The highest BCUT2D eigenvalue weighted by Crippen LogP contribution is 2.37. The summed E-state index contributed by atoms with van der Waals surface area (Å²) >= 11 is 0. The maximum Gasteiger partial charge on any atom is 0.343 e. The Kier molecular flexibility index (Phi) is 7.62. The predicted molar refractivity (Wildman–Crippen MR) is 117 cm³/mol. The zero-order valence-electron chi connectivity index (χ0n) is 17.5. The third-order valence-corrected chi connectivity index (χ3v) is 5.91. The highest BCUT2D eigenvalue weighted by molar-refractivity contribution is 5.91. The number of esters is 1. The molecule has 3 rings (SSSR count). The molecular weight excluding hydrogens is 363 g/mol. The Labute approximate surface area is 173 Å². The summed E-state index contributed by atoms with van der Waals surface area (Å²) in [6.45, 7) is 4.03. The SMILES string of the molecule is CCCC1CCC(c2ccc(OC(=O)c3ccc(/C=C(/F)CC)cc3)cc2)CC1. The van der Waals surface area contributed by atoms with Gasteiger partial charge in [-0.2, -0.15) is 0 Å². The van der Waals surface area contributed by atoms with Crippen LogP contribution in [0.1, 0.15) is 86.2 Å². The number of carbonyl (C=O) groups excluding carboxylic acids is 1. The van der Waals surface area contributed by atoms with Crippen LogP contribution in [0, 0.1) is 5.92 Å². The maximum atomic E-state index is 13.4. The summed E-state index contributed by atoms with van der Waals surface area (Å²) in [5, 5.41) is 0. The normalized spacial score (nSPS) is 19.8. The van der Waals surface area contributed by atoms with Crippen molar-refractivity contribution in [2.24, 2.45) is 5.92 Å². The number of ether oxygens (including phenoxy) is 1. The molecule has 2 aromatic carbocycles. The topological polar surface area (TPSA) is 26.3 Å². The zero-order valence-corrected chi connectivity index (χ0v) is 17.5. The molecule has 2 aromatic rings. The van der Waals surface area contributed by atoms with E-state index in [0.717, 1.165) is 11.5 Å². The Balaban J connectivity index is 1.56. The van der Waals surface area contributed by atoms with Crippen molar-refractivity contribution < 1.29 is 13.9 Å². The van der Waals surface area contributed by atoms with Gasteiger partial charge in [-0.25, -0.2) is 9.18 Å². The largest absolute Gasteiger partial charge is 0.423 e. The predicted octanol–water partition coefficient (Wildman–Crippen LogP) is 7.70. The van der Waals surface area contributed by atoms with Gasteiger partial charge in [-0.3, -0.25) is 0 Å². The molecule has 29 heavy (non-hydrogen) atoms. The number of halogens is 1. The third-order valence-electron chi connectivity index (χ3n) is 5.91. The summed E-state index contributed by atoms with van der Waals surface area (Å²) < 4.78 is 18.9. The summed E-state index contributed by atoms with van der Waals surface area (Å²) in [7, 11) is 0. The molecule has 0 spiro atoms. The fourth-order valence-electron chi connectivity index (χ4n) is 4.17. The van der Waals surface area contributed by atoms with E-state index < -0.39 is 5.97 Å². The average molecular weight is 395 g/mol. The number of carbonyl (C=O) groups is 1. The minimum absolute atomic E-state index is 0.181. The lowest BCUT2D eigenvalue weighted by Gasteiger charge is -2.28. The van der Waals surface area contributed by atoms with Gasteiger partial charge in [0.2, 0.25) is 0 Å². The van der Waals surface area contributed by atoms with E-state index in [4.69, 9.17) is 4.74 Å². The van der Waals surface area contributed by atoms with E-state index in [1.54, 1.807) is 31.2 Å². The van der Waals surface area contributed by atoms with Crippen LogP contribution in [-0.4, -0.2) is 5.97 Å². The van der Waals surface area contributed by atoms with E-state index in [1.807, 2.05) is 12.1 Å². The fourth-order valence-corrected chi connectivity index (χ4v) is 4.17. The van der Waals surface area contributed by atoms with Gasteiger partial charge in [0.05, 0.1) is 5.56 Å². The van der Waals surface area contributed by atoms with E-state index >= 15 is 0 Å². The van der Waals surface area contributed by atoms with E-state index in [2.05, 4.69) is 19.1 Å². The molecule has 0 bridgehead atoms. The summed E-state index contributed by atoms with van der Waals surface area (Å²) in [4.78, 5) is 12.4. The first kappa shape index (κ1) is 21.3. The lowest BCUT2D eigenvalue weighted by Crippen LogP contribution is -2.13. The molecule has 0 unspecified atom stereocenters. The van der Waals surface area contributed by atoms with Crippen LogP contribution < -0.4 is 4.74 Å². The number of hydrogen-bond donors (Lipinski definition) is 0. The highest BCUT2D eigenvalue weighted by Gasteiger charge is 2.21. The molecule has 0 radical (unpaired) electrons. The molecule has 0 amide bonds. The number of rotatable bonds is 7. The maximum absolute atomic E-state index is 13.4. The minimum atomic E-state index is -0.399. The van der Waals surface area contributed by atoms with Crippen LogP contribution in [0.25, 0.3) is 6.08 Å². The van der Waals surface area contributed by atoms with Crippen molar-refractivity contribution >= 4 is 12.0 Å². The molecule has 0 saturated heterocycles.